The Labute approximate surface area is 124 Å². The van der Waals surface area contributed by atoms with Crippen LogP contribution in [0.3, 0.4) is 0 Å². The molecule has 20 heavy (non-hydrogen) atoms. The molecule has 1 aromatic rings. The maximum atomic E-state index is 12.2. The van der Waals surface area contributed by atoms with E-state index in [9.17, 15) is 13.2 Å². The van der Waals surface area contributed by atoms with Gasteiger partial charge in [-0.2, -0.15) is 0 Å². The molecule has 0 saturated heterocycles. The Balaban J connectivity index is 2.94. The number of amides is 1. The number of carbonyl (C=O) groups excluding carboxylic acids is 1. The molecule has 1 amide bonds. The molecule has 112 valence electrons. The smallest absolute Gasteiger partial charge is 0.235 e. The Morgan fingerprint density at radius 2 is 1.95 bits per heavy atom. The van der Waals surface area contributed by atoms with Crippen LogP contribution >= 0.6 is 11.6 Å². The number of nitrogens with one attached hydrogen (secondary N) is 1. The molecular formula is C13H19ClN2O3S. The summed E-state index contributed by atoms with van der Waals surface area (Å²) in [6, 6.07) is 4.31. The molecular weight excluding hydrogens is 300 g/mol. The zero-order chi connectivity index (χ0) is 15.5. The molecule has 0 aromatic heterocycles. The Hall–Kier alpha value is -1.27. The van der Waals surface area contributed by atoms with Crippen molar-refractivity contribution in [1.82, 2.24) is 5.32 Å². The van der Waals surface area contributed by atoms with Crippen molar-refractivity contribution in [3.63, 3.8) is 0 Å². The van der Waals surface area contributed by atoms with Crippen molar-refractivity contribution in [3.05, 3.63) is 23.2 Å². The SMILES string of the molecule is CC(C)C(C)NC(=O)CS(=O)(=O)c1c(N)cccc1Cl. The fourth-order valence-corrected chi connectivity index (χ4v) is 3.46. The number of hydrogen-bond donors (Lipinski definition) is 2. The quantitative estimate of drug-likeness (QED) is 0.811. The van der Waals surface area contributed by atoms with E-state index in [1.165, 1.54) is 12.1 Å². The van der Waals surface area contributed by atoms with Gasteiger partial charge in [-0.1, -0.05) is 31.5 Å². The monoisotopic (exact) mass is 318 g/mol. The van der Waals surface area contributed by atoms with Gasteiger partial charge in [0.15, 0.2) is 9.84 Å². The van der Waals surface area contributed by atoms with Crippen LogP contribution in [-0.2, 0) is 14.6 Å². The van der Waals surface area contributed by atoms with E-state index in [1.54, 1.807) is 6.07 Å². The maximum absolute atomic E-state index is 12.2. The average Bonchev–Trinajstić information content (AvgIpc) is 2.26. The lowest BCUT2D eigenvalue weighted by atomic mass is 10.1. The van der Waals surface area contributed by atoms with Gasteiger partial charge in [0.1, 0.15) is 10.6 Å². The van der Waals surface area contributed by atoms with Gasteiger partial charge in [-0.25, -0.2) is 8.42 Å². The molecule has 0 aliphatic heterocycles. The fraction of sp³-hybridized carbons (Fsp3) is 0.462. The van der Waals surface area contributed by atoms with Crippen LogP contribution in [0.15, 0.2) is 23.1 Å². The summed E-state index contributed by atoms with van der Waals surface area (Å²) < 4.78 is 24.4. The van der Waals surface area contributed by atoms with Crippen LogP contribution in [0.2, 0.25) is 5.02 Å². The molecule has 0 aliphatic carbocycles. The lowest BCUT2D eigenvalue weighted by Crippen LogP contribution is -2.39. The highest BCUT2D eigenvalue weighted by Crippen LogP contribution is 2.27. The second kappa shape index (κ2) is 6.45. The minimum Gasteiger partial charge on any atom is -0.398 e. The zero-order valence-electron chi connectivity index (χ0n) is 11.7. The Kier molecular flexibility index (Phi) is 5.42. The Morgan fingerprint density at radius 1 is 1.35 bits per heavy atom. The van der Waals surface area contributed by atoms with Gasteiger partial charge in [0.2, 0.25) is 5.91 Å². The van der Waals surface area contributed by atoms with E-state index in [1.807, 2.05) is 20.8 Å². The fourth-order valence-electron chi connectivity index (χ4n) is 1.56. The first kappa shape index (κ1) is 16.8. The van der Waals surface area contributed by atoms with Gasteiger partial charge in [-0.15, -0.1) is 0 Å². The molecule has 1 aromatic carbocycles. The highest BCUT2D eigenvalue weighted by atomic mass is 35.5. The van der Waals surface area contributed by atoms with Crippen LogP contribution in [-0.4, -0.2) is 26.1 Å². The molecule has 0 fully saturated rings. The Morgan fingerprint density at radius 3 is 2.45 bits per heavy atom. The summed E-state index contributed by atoms with van der Waals surface area (Å²) >= 11 is 5.86. The van der Waals surface area contributed by atoms with Crippen molar-refractivity contribution in [2.75, 3.05) is 11.5 Å². The predicted octanol–water partition coefficient (Wildman–Crippen LogP) is 1.86. The first-order valence-electron chi connectivity index (χ1n) is 6.21. The second-order valence-corrected chi connectivity index (χ2v) is 7.35. The van der Waals surface area contributed by atoms with Crippen molar-refractivity contribution in [2.45, 2.75) is 31.7 Å². The molecule has 7 heteroatoms. The third kappa shape index (κ3) is 4.11. The van der Waals surface area contributed by atoms with Crippen LogP contribution < -0.4 is 11.1 Å². The lowest BCUT2D eigenvalue weighted by molar-refractivity contribution is -0.119. The minimum atomic E-state index is -3.86. The normalized spacial score (nSPS) is 13.2. The summed E-state index contributed by atoms with van der Waals surface area (Å²) in [5.41, 5.74) is 5.68. The van der Waals surface area contributed by atoms with Crippen LogP contribution in [0.5, 0.6) is 0 Å². The topological polar surface area (TPSA) is 89.3 Å². The third-order valence-corrected chi connectivity index (χ3v) is 5.17. The molecule has 1 unspecified atom stereocenters. The molecule has 0 radical (unpaired) electrons. The van der Waals surface area contributed by atoms with E-state index in [0.29, 0.717) is 0 Å². The first-order valence-corrected chi connectivity index (χ1v) is 8.24. The summed E-state index contributed by atoms with van der Waals surface area (Å²) in [5, 5.41) is 2.66. The number of rotatable bonds is 5. The van der Waals surface area contributed by atoms with Crippen LogP contribution in [0.4, 0.5) is 5.69 Å². The van der Waals surface area contributed by atoms with E-state index in [0.717, 1.165) is 0 Å². The molecule has 1 rings (SSSR count). The maximum Gasteiger partial charge on any atom is 0.235 e. The molecule has 3 N–H and O–H groups in total. The molecule has 0 spiro atoms. The van der Waals surface area contributed by atoms with Crippen LogP contribution in [0.25, 0.3) is 0 Å². The van der Waals surface area contributed by atoms with Crippen molar-refractivity contribution >= 4 is 33.0 Å². The number of anilines is 1. The standard InChI is InChI=1S/C13H19ClN2O3S/c1-8(2)9(3)16-12(17)7-20(18,19)13-10(14)5-4-6-11(13)15/h4-6,8-9H,7,15H2,1-3H3,(H,16,17). The summed E-state index contributed by atoms with van der Waals surface area (Å²) in [4.78, 5) is 11.6. The molecule has 0 bridgehead atoms. The van der Waals surface area contributed by atoms with Crippen molar-refractivity contribution < 1.29 is 13.2 Å². The van der Waals surface area contributed by atoms with Gasteiger partial charge >= 0.3 is 0 Å². The van der Waals surface area contributed by atoms with Gasteiger partial charge in [0, 0.05) is 6.04 Å². The van der Waals surface area contributed by atoms with Crippen LogP contribution in [0.1, 0.15) is 20.8 Å². The highest BCUT2D eigenvalue weighted by Gasteiger charge is 2.25. The Bertz CT molecular complexity index is 579. The molecule has 0 saturated carbocycles. The minimum absolute atomic E-state index is 0.0229. The number of nitrogens with two attached hydrogens (primary N) is 1. The van der Waals surface area contributed by atoms with E-state index in [2.05, 4.69) is 5.32 Å². The van der Waals surface area contributed by atoms with Gasteiger partial charge < -0.3 is 11.1 Å². The second-order valence-electron chi connectivity index (χ2n) is 5.02. The summed E-state index contributed by atoms with van der Waals surface area (Å²) in [6.45, 7) is 5.69. The van der Waals surface area contributed by atoms with Crippen LogP contribution in [0, 0.1) is 5.92 Å². The van der Waals surface area contributed by atoms with E-state index < -0.39 is 21.5 Å². The summed E-state index contributed by atoms with van der Waals surface area (Å²) in [6.07, 6.45) is 0. The van der Waals surface area contributed by atoms with Gasteiger partial charge in [-0.05, 0) is 25.0 Å². The first-order chi connectivity index (χ1) is 9.15. The molecule has 1 atom stereocenters. The van der Waals surface area contributed by atoms with E-state index in [-0.39, 0.29) is 27.6 Å². The number of hydrogen-bond acceptors (Lipinski definition) is 4. The summed E-state index contributed by atoms with van der Waals surface area (Å²) in [5.74, 6) is -1.02. The van der Waals surface area contributed by atoms with Gasteiger partial charge in [-0.3, -0.25) is 4.79 Å². The number of carbonyl (C=O) groups is 1. The number of nitrogen functional groups attached to an aromatic ring is 1. The van der Waals surface area contributed by atoms with E-state index >= 15 is 0 Å². The average molecular weight is 319 g/mol. The number of halogens is 1. The van der Waals surface area contributed by atoms with E-state index in [4.69, 9.17) is 17.3 Å². The largest absolute Gasteiger partial charge is 0.398 e. The third-order valence-electron chi connectivity index (χ3n) is 3.02. The van der Waals surface area contributed by atoms with Gasteiger partial charge in [0.05, 0.1) is 10.7 Å². The van der Waals surface area contributed by atoms with Gasteiger partial charge in [0.25, 0.3) is 0 Å². The molecule has 0 heterocycles. The van der Waals surface area contributed by atoms with Crippen molar-refractivity contribution in [1.29, 1.82) is 0 Å². The zero-order valence-corrected chi connectivity index (χ0v) is 13.3. The highest BCUT2D eigenvalue weighted by molar-refractivity contribution is 7.92. The van der Waals surface area contributed by atoms with Crippen molar-refractivity contribution in [3.8, 4) is 0 Å². The molecule has 0 aliphatic rings. The number of benzene rings is 1. The summed E-state index contributed by atoms with van der Waals surface area (Å²) in [7, 11) is -3.86. The number of sulfone groups is 1. The molecule has 5 nitrogen and oxygen atoms in total. The lowest BCUT2D eigenvalue weighted by Gasteiger charge is -2.17. The van der Waals surface area contributed by atoms with Crippen molar-refractivity contribution in [2.24, 2.45) is 5.92 Å². The predicted molar refractivity (Wildman–Crippen MR) is 80.4 cm³/mol.